The first-order chi connectivity index (χ1) is 18.3. The van der Waals surface area contributed by atoms with E-state index in [9.17, 15) is 35.5 Å². The summed E-state index contributed by atoms with van der Waals surface area (Å²) in [5.74, 6) is -1.65. The molecule has 0 saturated carbocycles. The SMILES string of the molecule is COc1ccc(-c2nnc(CN(C(=O)Cc3ccc(C(F)(F)F)cc3C(F)(F)F)c3ccc(F)cc3)o2)nn1. The summed E-state index contributed by atoms with van der Waals surface area (Å²) in [4.78, 5) is 14.2. The first-order valence-electron chi connectivity index (χ1n) is 10.9. The number of alkyl halides is 6. The molecule has 0 aliphatic heterocycles. The number of rotatable bonds is 7. The molecule has 2 heterocycles. The van der Waals surface area contributed by atoms with Gasteiger partial charge in [-0.15, -0.1) is 20.4 Å². The number of amides is 1. The summed E-state index contributed by atoms with van der Waals surface area (Å²) in [5.41, 5.74) is -3.59. The quantitative estimate of drug-likeness (QED) is 0.279. The van der Waals surface area contributed by atoms with Gasteiger partial charge in [0.15, 0.2) is 5.69 Å². The highest BCUT2D eigenvalue weighted by Gasteiger charge is 2.38. The van der Waals surface area contributed by atoms with Crippen molar-refractivity contribution in [2.24, 2.45) is 0 Å². The van der Waals surface area contributed by atoms with Crippen molar-refractivity contribution in [3.05, 3.63) is 83.0 Å². The Morgan fingerprint density at radius 2 is 1.62 bits per heavy atom. The van der Waals surface area contributed by atoms with Crippen LogP contribution in [0, 0.1) is 5.82 Å². The van der Waals surface area contributed by atoms with Crippen molar-refractivity contribution >= 4 is 11.6 Å². The monoisotopic (exact) mass is 555 g/mol. The number of nitrogens with zero attached hydrogens (tertiary/aromatic N) is 5. The lowest BCUT2D eigenvalue weighted by atomic mass is 10.00. The summed E-state index contributed by atoms with van der Waals surface area (Å²) in [5, 5.41) is 15.2. The van der Waals surface area contributed by atoms with Gasteiger partial charge in [-0.3, -0.25) is 4.79 Å². The molecule has 0 unspecified atom stereocenters. The van der Waals surface area contributed by atoms with Crippen LogP contribution in [-0.2, 0) is 30.1 Å². The molecule has 0 bridgehead atoms. The van der Waals surface area contributed by atoms with Crippen molar-refractivity contribution < 1.29 is 44.7 Å². The van der Waals surface area contributed by atoms with E-state index in [2.05, 4.69) is 20.4 Å². The lowest BCUT2D eigenvalue weighted by Gasteiger charge is -2.23. The zero-order chi connectivity index (χ0) is 28.4. The van der Waals surface area contributed by atoms with E-state index in [1.54, 1.807) is 0 Å². The van der Waals surface area contributed by atoms with Gasteiger partial charge in [-0.1, -0.05) is 6.07 Å². The molecule has 8 nitrogen and oxygen atoms in total. The maximum absolute atomic E-state index is 13.6. The van der Waals surface area contributed by atoms with Crippen LogP contribution in [0.25, 0.3) is 11.6 Å². The molecule has 1 amide bonds. The van der Waals surface area contributed by atoms with Gasteiger partial charge in [0.25, 0.3) is 5.89 Å². The molecule has 0 aliphatic carbocycles. The van der Waals surface area contributed by atoms with Gasteiger partial charge in [-0.25, -0.2) is 4.39 Å². The molecule has 0 atom stereocenters. The van der Waals surface area contributed by atoms with Gasteiger partial charge in [-0.2, -0.15) is 26.3 Å². The van der Waals surface area contributed by atoms with Crippen molar-refractivity contribution in [3.63, 3.8) is 0 Å². The number of aromatic nitrogens is 4. The predicted molar refractivity (Wildman–Crippen MR) is 120 cm³/mol. The van der Waals surface area contributed by atoms with Gasteiger partial charge in [0, 0.05) is 11.8 Å². The summed E-state index contributed by atoms with van der Waals surface area (Å²) in [6.07, 6.45) is -11.1. The number of carbonyl (C=O) groups is 1. The fraction of sp³-hybridized carbons (Fsp3) is 0.208. The highest BCUT2D eigenvalue weighted by Crippen LogP contribution is 2.38. The number of anilines is 1. The zero-order valence-corrected chi connectivity index (χ0v) is 19.7. The fourth-order valence-corrected chi connectivity index (χ4v) is 3.47. The Balaban J connectivity index is 1.65. The molecule has 39 heavy (non-hydrogen) atoms. The Morgan fingerprint density at radius 3 is 2.21 bits per heavy atom. The molecule has 4 rings (SSSR count). The zero-order valence-electron chi connectivity index (χ0n) is 19.7. The third-order valence-electron chi connectivity index (χ3n) is 5.35. The van der Waals surface area contributed by atoms with Gasteiger partial charge < -0.3 is 14.1 Å². The molecule has 2 aromatic carbocycles. The Kier molecular flexibility index (Phi) is 7.51. The number of carbonyl (C=O) groups excluding carboxylic acids is 1. The van der Waals surface area contributed by atoms with E-state index in [1.807, 2.05) is 0 Å². The number of benzene rings is 2. The highest BCUT2D eigenvalue weighted by molar-refractivity contribution is 5.94. The van der Waals surface area contributed by atoms with Crippen LogP contribution >= 0.6 is 0 Å². The van der Waals surface area contributed by atoms with Gasteiger partial charge in [0.05, 0.1) is 24.7 Å². The molecule has 0 saturated heterocycles. The van der Waals surface area contributed by atoms with Crippen molar-refractivity contribution in [1.29, 1.82) is 0 Å². The van der Waals surface area contributed by atoms with Gasteiger partial charge in [0.2, 0.25) is 17.7 Å². The van der Waals surface area contributed by atoms with Crippen molar-refractivity contribution in [3.8, 4) is 17.5 Å². The molecule has 204 valence electrons. The van der Waals surface area contributed by atoms with Crippen LogP contribution in [0.3, 0.4) is 0 Å². The minimum absolute atomic E-state index is 0.0506. The fourth-order valence-electron chi connectivity index (χ4n) is 3.47. The van der Waals surface area contributed by atoms with Crippen LogP contribution in [0.5, 0.6) is 5.88 Å². The molecule has 0 fully saturated rings. The number of hydrogen-bond donors (Lipinski definition) is 0. The summed E-state index contributed by atoms with van der Waals surface area (Å²) in [6, 6.07) is 8.36. The molecule has 4 aromatic rings. The normalized spacial score (nSPS) is 11.9. The first kappa shape index (κ1) is 27.5. The van der Waals surface area contributed by atoms with E-state index < -0.39 is 53.7 Å². The van der Waals surface area contributed by atoms with Crippen LogP contribution in [0.1, 0.15) is 22.6 Å². The van der Waals surface area contributed by atoms with E-state index in [0.717, 1.165) is 17.0 Å². The molecule has 15 heteroatoms. The second kappa shape index (κ2) is 10.7. The number of ether oxygens (including phenoxy) is 1. The molecule has 0 spiro atoms. The first-order valence-corrected chi connectivity index (χ1v) is 10.9. The minimum atomic E-state index is -5.17. The van der Waals surface area contributed by atoms with Crippen LogP contribution < -0.4 is 9.64 Å². The maximum atomic E-state index is 13.6. The molecular weight excluding hydrogens is 539 g/mol. The highest BCUT2D eigenvalue weighted by atomic mass is 19.4. The Morgan fingerprint density at radius 1 is 0.897 bits per heavy atom. The van der Waals surface area contributed by atoms with Gasteiger partial charge >= 0.3 is 12.4 Å². The van der Waals surface area contributed by atoms with Crippen molar-refractivity contribution in [2.45, 2.75) is 25.3 Å². The summed E-state index contributed by atoms with van der Waals surface area (Å²) in [6.45, 7) is -0.455. The molecular formula is C24H16F7N5O3. The maximum Gasteiger partial charge on any atom is 0.416 e. The topological polar surface area (TPSA) is 94.2 Å². The van der Waals surface area contributed by atoms with Gasteiger partial charge in [-0.05, 0) is 48.0 Å². The molecule has 0 aliphatic rings. The number of methoxy groups -OCH3 is 1. The third kappa shape index (κ3) is 6.48. The molecule has 0 N–H and O–H groups in total. The van der Waals surface area contributed by atoms with Crippen LogP contribution in [0.15, 0.2) is 59.0 Å². The average Bonchev–Trinajstić information content (AvgIpc) is 3.35. The summed E-state index contributed by atoms with van der Waals surface area (Å²) < 4.78 is 104. The number of hydrogen-bond acceptors (Lipinski definition) is 7. The van der Waals surface area contributed by atoms with E-state index in [-0.39, 0.29) is 35.1 Å². The Hall–Kier alpha value is -4.56. The summed E-state index contributed by atoms with van der Waals surface area (Å²) in [7, 11) is 1.39. The predicted octanol–water partition coefficient (Wildman–Crippen LogP) is 5.49. The largest absolute Gasteiger partial charge is 0.480 e. The Labute approximate surface area is 215 Å². The molecule has 2 aromatic heterocycles. The van der Waals surface area contributed by atoms with E-state index >= 15 is 0 Å². The lowest BCUT2D eigenvalue weighted by molar-refractivity contribution is -0.143. The van der Waals surface area contributed by atoms with Crippen LogP contribution in [0.2, 0.25) is 0 Å². The second-order valence-corrected chi connectivity index (χ2v) is 7.96. The minimum Gasteiger partial charge on any atom is -0.480 e. The smallest absolute Gasteiger partial charge is 0.416 e. The second-order valence-electron chi connectivity index (χ2n) is 7.96. The average molecular weight is 555 g/mol. The van der Waals surface area contributed by atoms with E-state index in [4.69, 9.17) is 9.15 Å². The third-order valence-corrected chi connectivity index (χ3v) is 5.35. The number of halogens is 7. The van der Waals surface area contributed by atoms with Crippen molar-refractivity contribution in [1.82, 2.24) is 20.4 Å². The van der Waals surface area contributed by atoms with Gasteiger partial charge in [0.1, 0.15) is 12.4 Å². The Bertz CT molecular complexity index is 1450. The lowest BCUT2D eigenvalue weighted by Crippen LogP contribution is -2.32. The van der Waals surface area contributed by atoms with Crippen LogP contribution in [0.4, 0.5) is 36.4 Å². The standard InChI is InChI=1S/C24H16F7N5O3/c1-38-19-9-8-18(32-33-19)22-35-34-20(39-22)12-36(16-6-4-15(25)5-7-16)21(37)10-13-2-3-14(23(26,27)28)11-17(13)24(29,30)31/h2-9,11H,10,12H2,1H3. The van der Waals surface area contributed by atoms with Crippen molar-refractivity contribution in [2.75, 3.05) is 12.0 Å². The van der Waals surface area contributed by atoms with E-state index in [0.29, 0.717) is 12.1 Å². The molecule has 0 radical (unpaired) electrons. The van der Waals surface area contributed by atoms with Crippen LogP contribution in [-0.4, -0.2) is 33.4 Å². The summed E-state index contributed by atoms with van der Waals surface area (Å²) >= 11 is 0. The van der Waals surface area contributed by atoms with E-state index in [1.165, 1.54) is 31.4 Å².